The van der Waals surface area contributed by atoms with Gasteiger partial charge in [0.25, 0.3) is 0 Å². The summed E-state index contributed by atoms with van der Waals surface area (Å²) < 4.78 is 13.6. The van der Waals surface area contributed by atoms with Crippen molar-refractivity contribution in [1.29, 1.82) is 0 Å². The van der Waals surface area contributed by atoms with Crippen molar-refractivity contribution < 1.29 is 35.0 Å². The van der Waals surface area contributed by atoms with Crippen molar-refractivity contribution in [1.82, 2.24) is 0 Å². The van der Waals surface area contributed by atoms with Gasteiger partial charge in [0.05, 0.1) is 18.8 Å². The Bertz CT molecular complexity index is 500. The number of hydrogen-bond donors (Lipinski definition) is 6. The Kier molecular flexibility index (Phi) is 11.0. The molecule has 0 rings (SSSR count). The quantitative estimate of drug-likeness (QED) is 0.244. The number of alkyl halides is 1. The molecule has 0 aromatic heterocycles. The second-order valence-corrected chi connectivity index (χ2v) is 8.90. The minimum Gasteiger partial charge on any atom is -0.392 e. The van der Waals surface area contributed by atoms with E-state index in [4.69, 9.17) is 5.11 Å². The average molecular weight is 407 g/mol. The Morgan fingerprint density at radius 2 is 1.46 bits per heavy atom. The molecule has 6 N–H and O–H groups in total. The fourth-order valence-corrected chi connectivity index (χ4v) is 2.83. The van der Waals surface area contributed by atoms with Crippen LogP contribution in [0.2, 0.25) is 0 Å². The van der Waals surface area contributed by atoms with E-state index in [1.54, 1.807) is 13.8 Å². The molecule has 0 aliphatic rings. The second kappa shape index (κ2) is 11.4. The van der Waals surface area contributed by atoms with Crippen molar-refractivity contribution in [2.24, 2.45) is 5.41 Å². The Balaban J connectivity index is 4.57. The molecular formula is C21H39FO6. The number of halogens is 1. The zero-order chi connectivity index (χ0) is 22.3. The summed E-state index contributed by atoms with van der Waals surface area (Å²) in [6.07, 6.45) is -4.67. The van der Waals surface area contributed by atoms with Crippen LogP contribution in [0.15, 0.2) is 24.3 Å². The van der Waals surface area contributed by atoms with Crippen LogP contribution < -0.4 is 0 Å². The van der Waals surface area contributed by atoms with E-state index in [1.165, 1.54) is 13.8 Å². The molecule has 28 heavy (non-hydrogen) atoms. The lowest BCUT2D eigenvalue weighted by atomic mass is 9.76. The van der Waals surface area contributed by atoms with Gasteiger partial charge in [-0.25, -0.2) is 4.39 Å². The topological polar surface area (TPSA) is 121 Å². The first kappa shape index (κ1) is 27.2. The predicted octanol–water partition coefficient (Wildman–Crippen LogP) is 1.62. The molecule has 0 aromatic carbocycles. The van der Waals surface area contributed by atoms with E-state index in [1.807, 2.05) is 0 Å². The molecule has 0 saturated carbocycles. The third-order valence-electron chi connectivity index (χ3n) is 5.34. The molecule has 0 bridgehead atoms. The molecule has 0 aliphatic carbocycles. The summed E-state index contributed by atoms with van der Waals surface area (Å²) in [7, 11) is 0. The fraction of sp³-hybridized carbons (Fsp3) is 0.810. The molecule has 7 heteroatoms. The van der Waals surface area contributed by atoms with Gasteiger partial charge in [0.15, 0.2) is 0 Å². The van der Waals surface area contributed by atoms with Gasteiger partial charge in [0.2, 0.25) is 0 Å². The number of hydrogen-bond acceptors (Lipinski definition) is 6. The summed E-state index contributed by atoms with van der Waals surface area (Å²) in [6.45, 7) is 13.0. The predicted molar refractivity (Wildman–Crippen MR) is 107 cm³/mol. The van der Waals surface area contributed by atoms with Crippen molar-refractivity contribution in [3.63, 3.8) is 0 Å². The van der Waals surface area contributed by atoms with Crippen LogP contribution in [0, 0.1) is 5.41 Å². The maximum Gasteiger partial charge on any atom is 0.131 e. The SMILES string of the molecule is C=C(CCCC(O)C(C)(C)F)CCC(C)(C)C(O)C(O)C(O)C(O)C(=C)CO. The molecule has 0 aliphatic heterocycles. The lowest BCUT2D eigenvalue weighted by molar-refractivity contribution is -0.129. The van der Waals surface area contributed by atoms with Gasteiger partial charge in [-0.05, 0) is 56.9 Å². The first-order chi connectivity index (χ1) is 12.6. The summed E-state index contributed by atoms with van der Waals surface area (Å²) in [4.78, 5) is 0. The molecule has 0 spiro atoms. The minimum atomic E-state index is -1.68. The lowest BCUT2D eigenvalue weighted by Gasteiger charge is -2.37. The molecule has 5 unspecified atom stereocenters. The summed E-state index contributed by atoms with van der Waals surface area (Å²) in [5, 5.41) is 59.2. The smallest absolute Gasteiger partial charge is 0.131 e. The van der Waals surface area contributed by atoms with Crippen LogP contribution in [0.5, 0.6) is 0 Å². The lowest BCUT2D eigenvalue weighted by Crippen LogP contribution is -2.50. The molecular weight excluding hydrogens is 367 g/mol. The van der Waals surface area contributed by atoms with Gasteiger partial charge in [-0.2, -0.15) is 0 Å². The van der Waals surface area contributed by atoms with E-state index in [9.17, 15) is 29.9 Å². The van der Waals surface area contributed by atoms with E-state index in [0.29, 0.717) is 32.1 Å². The van der Waals surface area contributed by atoms with Gasteiger partial charge in [0, 0.05) is 0 Å². The number of aliphatic hydroxyl groups is 6. The van der Waals surface area contributed by atoms with Crippen LogP contribution in [0.3, 0.4) is 0 Å². The Hall–Kier alpha value is -0.830. The summed E-state index contributed by atoms with van der Waals surface area (Å²) in [5.74, 6) is 0. The van der Waals surface area contributed by atoms with E-state index in [0.717, 1.165) is 5.57 Å². The maximum atomic E-state index is 13.6. The molecule has 0 amide bonds. The highest BCUT2D eigenvalue weighted by molar-refractivity contribution is 5.07. The molecule has 0 radical (unpaired) electrons. The monoisotopic (exact) mass is 406 g/mol. The van der Waals surface area contributed by atoms with Gasteiger partial charge in [-0.15, -0.1) is 0 Å². The third kappa shape index (κ3) is 8.68. The Morgan fingerprint density at radius 3 is 1.93 bits per heavy atom. The first-order valence-electron chi connectivity index (χ1n) is 9.69. The van der Waals surface area contributed by atoms with Gasteiger partial charge in [-0.1, -0.05) is 32.6 Å². The number of aliphatic hydroxyl groups excluding tert-OH is 6. The summed E-state index contributed by atoms with van der Waals surface area (Å²) in [5.41, 5.74) is -1.60. The van der Waals surface area contributed by atoms with Crippen molar-refractivity contribution in [2.75, 3.05) is 6.61 Å². The Morgan fingerprint density at radius 1 is 0.929 bits per heavy atom. The minimum absolute atomic E-state index is 0.0522. The molecule has 0 heterocycles. The third-order valence-corrected chi connectivity index (χ3v) is 5.34. The van der Waals surface area contributed by atoms with Crippen LogP contribution in [0.1, 0.15) is 59.8 Å². The highest BCUT2D eigenvalue weighted by Gasteiger charge is 2.39. The summed E-state index contributed by atoms with van der Waals surface area (Å²) >= 11 is 0. The van der Waals surface area contributed by atoms with Crippen molar-refractivity contribution in [2.45, 2.75) is 96.0 Å². The van der Waals surface area contributed by atoms with Crippen LogP contribution in [0.4, 0.5) is 4.39 Å². The fourth-order valence-electron chi connectivity index (χ4n) is 2.83. The molecule has 0 saturated heterocycles. The summed E-state index contributed by atoms with van der Waals surface area (Å²) in [6, 6.07) is 0. The van der Waals surface area contributed by atoms with Gasteiger partial charge < -0.3 is 30.6 Å². The van der Waals surface area contributed by atoms with Gasteiger partial charge in [0.1, 0.15) is 24.0 Å². The van der Waals surface area contributed by atoms with E-state index >= 15 is 0 Å². The highest BCUT2D eigenvalue weighted by atomic mass is 19.1. The first-order valence-corrected chi connectivity index (χ1v) is 9.69. The average Bonchev–Trinajstić information content (AvgIpc) is 2.62. The van der Waals surface area contributed by atoms with Crippen molar-refractivity contribution >= 4 is 0 Å². The molecule has 5 atom stereocenters. The van der Waals surface area contributed by atoms with Crippen molar-refractivity contribution in [3.8, 4) is 0 Å². The van der Waals surface area contributed by atoms with E-state index in [2.05, 4.69) is 13.2 Å². The largest absolute Gasteiger partial charge is 0.392 e. The molecule has 166 valence electrons. The number of rotatable bonds is 14. The zero-order valence-corrected chi connectivity index (χ0v) is 17.6. The second-order valence-electron chi connectivity index (χ2n) is 8.90. The van der Waals surface area contributed by atoms with Crippen molar-refractivity contribution in [3.05, 3.63) is 24.3 Å². The Labute approximate surface area is 168 Å². The van der Waals surface area contributed by atoms with Crippen LogP contribution in [0.25, 0.3) is 0 Å². The standard InChI is InChI=1S/C21H39FO6/c1-13(8-7-9-15(24)21(5,6)22)10-11-20(3,4)19(28)18(27)17(26)16(25)14(2)12-23/h15-19,23-28H,1-2,7-12H2,3-6H3. The molecule has 0 fully saturated rings. The van der Waals surface area contributed by atoms with Gasteiger partial charge >= 0.3 is 0 Å². The van der Waals surface area contributed by atoms with Crippen LogP contribution in [-0.2, 0) is 0 Å². The maximum absolute atomic E-state index is 13.6. The van der Waals surface area contributed by atoms with E-state index in [-0.39, 0.29) is 5.57 Å². The highest BCUT2D eigenvalue weighted by Crippen LogP contribution is 2.33. The van der Waals surface area contributed by atoms with Crippen LogP contribution >= 0.6 is 0 Å². The van der Waals surface area contributed by atoms with Gasteiger partial charge in [-0.3, -0.25) is 0 Å². The molecule has 6 nitrogen and oxygen atoms in total. The normalized spacial score (nSPS) is 18.2. The molecule has 0 aromatic rings. The van der Waals surface area contributed by atoms with Crippen LogP contribution in [-0.4, -0.2) is 73.4 Å². The zero-order valence-electron chi connectivity index (χ0n) is 17.6. The number of allylic oxidation sites excluding steroid dienone is 1. The van der Waals surface area contributed by atoms with E-state index < -0.39 is 48.2 Å².